The van der Waals surface area contributed by atoms with Gasteiger partial charge in [0.25, 0.3) is 0 Å². The van der Waals surface area contributed by atoms with E-state index in [1.54, 1.807) is 19.2 Å². The van der Waals surface area contributed by atoms with Crippen LogP contribution < -0.4 is 14.8 Å². The van der Waals surface area contributed by atoms with E-state index in [9.17, 15) is 9.18 Å². The molecule has 28 heavy (non-hydrogen) atoms. The Hall–Kier alpha value is -2.60. The molecule has 1 amide bonds. The summed E-state index contributed by atoms with van der Waals surface area (Å²) in [5, 5.41) is 3.11. The van der Waals surface area contributed by atoms with Gasteiger partial charge in [-0.25, -0.2) is 4.39 Å². The Morgan fingerprint density at radius 2 is 1.68 bits per heavy atom. The monoisotopic (exact) mass is 388 g/mol. The van der Waals surface area contributed by atoms with E-state index in [0.29, 0.717) is 18.9 Å². The molecule has 0 heterocycles. The first-order valence-electron chi connectivity index (χ1n) is 9.39. The molecule has 0 radical (unpaired) electrons. The molecule has 152 valence electrons. The standard InChI is InChI=1S/C22H29FN2O3/c1-16(2)22(17-5-9-19(27-4)10-6-17)24-21(26)15-25(3)13-14-28-20-11-7-18(23)8-12-20/h5-12,16,22H,13-15H2,1-4H3,(H,24,26). The normalized spacial score (nSPS) is 12.1. The van der Waals surface area contributed by atoms with Crippen LogP contribution >= 0.6 is 0 Å². The highest BCUT2D eigenvalue weighted by Gasteiger charge is 2.19. The minimum absolute atomic E-state index is 0.0428. The Morgan fingerprint density at radius 1 is 1.07 bits per heavy atom. The highest BCUT2D eigenvalue weighted by atomic mass is 19.1. The first kappa shape index (κ1) is 21.7. The molecule has 0 bridgehead atoms. The third-order valence-corrected chi connectivity index (χ3v) is 4.43. The van der Waals surface area contributed by atoms with Crippen LogP contribution in [0.15, 0.2) is 48.5 Å². The van der Waals surface area contributed by atoms with Crippen LogP contribution in [0.3, 0.4) is 0 Å². The molecule has 1 N–H and O–H groups in total. The summed E-state index contributed by atoms with van der Waals surface area (Å²) in [6, 6.07) is 13.6. The van der Waals surface area contributed by atoms with E-state index >= 15 is 0 Å². The maximum Gasteiger partial charge on any atom is 0.234 e. The number of likely N-dealkylation sites (N-methyl/N-ethyl adjacent to an activating group) is 1. The second kappa shape index (κ2) is 10.7. The number of amides is 1. The van der Waals surface area contributed by atoms with Crippen molar-refractivity contribution in [2.75, 3.05) is 33.9 Å². The highest BCUT2D eigenvalue weighted by molar-refractivity contribution is 5.78. The van der Waals surface area contributed by atoms with Gasteiger partial charge in [-0.3, -0.25) is 9.69 Å². The summed E-state index contributed by atoms with van der Waals surface area (Å²) in [4.78, 5) is 14.4. The summed E-state index contributed by atoms with van der Waals surface area (Å²) in [6.45, 7) is 5.43. The number of carbonyl (C=O) groups excluding carboxylic acids is 1. The lowest BCUT2D eigenvalue weighted by molar-refractivity contribution is -0.123. The van der Waals surface area contributed by atoms with Crippen LogP contribution in [-0.4, -0.2) is 44.7 Å². The van der Waals surface area contributed by atoms with E-state index in [4.69, 9.17) is 9.47 Å². The van der Waals surface area contributed by atoms with Crippen LogP contribution in [-0.2, 0) is 4.79 Å². The van der Waals surface area contributed by atoms with Crippen molar-refractivity contribution in [2.45, 2.75) is 19.9 Å². The van der Waals surface area contributed by atoms with E-state index in [1.807, 2.05) is 36.2 Å². The van der Waals surface area contributed by atoms with Crippen LogP contribution in [0.25, 0.3) is 0 Å². The Labute approximate surface area is 166 Å². The molecule has 0 aromatic heterocycles. The molecule has 6 heteroatoms. The zero-order valence-electron chi connectivity index (χ0n) is 16.9. The molecular formula is C22H29FN2O3. The van der Waals surface area contributed by atoms with Crippen molar-refractivity contribution >= 4 is 5.91 Å². The maximum absolute atomic E-state index is 12.9. The fourth-order valence-corrected chi connectivity index (χ4v) is 2.84. The molecule has 0 aliphatic rings. The SMILES string of the molecule is COc1ccc(C(NC(=O)CN(C)CCOc2ccc(F)cc2)C(C)C)cc1. The van der Waals surface area contributed by atoms with Gasteiger partial charge in [0, 0.05) is 6.54 Å². The molecule has 0 aliphatic heterocycles. The van der Waals surface area contributed by atoms with Gasteiger partial charge in [0.1, 0.15) is 23.9 Å². The third-order valence-electron chi connectivity index (χ3n) is 4.43. The summed E-state index contributed by atoms with van der Waals surface area (Å²) >= 11 is 0. The van der Waals surface area contributed by atoms with Gasteiger partial charge in [0.15, 0.2) is 0 Å². The number of nitrogens with zero attached hydrogens (tertiary/aromatic N) is 1. The number of methoxy groups -OCH3 is 1. The predicted octanol–water partition coefficient (Wildman–Crippen LogP) is 3.66. The quantitative estimate of drug-likeness (QED) is 0.675. The number of rotatable bonds is 10. The summed E-state index contributed by atoms with van der Waals surface area (Å²) in [5.41, 5.74) is 1.05. The summed E-state index contributed by atoms with van der Waals surface area (Å²) < 4.78 is 23.7. The third kappa shape index (κ3) is 6.85. The highest BCUT2D eigenvalue weighted by Crippen LogP contribution is 2.23. The zero-order valence-corrected chi connectivity index (χ0v) is 16.9. The molecule has 2 aromatic carbocycles. The first-order chi connectivity index (χ1) is 13.4. The van der Waals surface area contributed by atoms with E-state index in [0.717, 1.165) is 11.3 Å². The zero-order chi connectivity index (χ0) is 20.5. The van der Waals surface area contributed by atoms with Gasteiger partial charge in [0.2, 0.25) is 5.91 Å². The van der Waals surface area contributed by atoms with Crippen LogP contribution in [0, 0.1) is 11.7 Å². The largest absolute Gasteiger partial charge is 0.497 e. The summed E-state index contributed by atoms with van der Waals surface area (Å²) in [7, 11) is 3.50. The molecule has 2 aromatic rings. The number of ether oxygens (including phenoxy) is 2. The first-order valence-corrected chi connectivity index (χ1v) is 9.39. The second-order valence-electron chi connectivity index (χ2n) is 7.10. The van der Waals surface area contributed by atoms with Crippen LogP contribution in [0.4, 0.5) is 4.39 Å². The maximum atomic E-state index is 12.9. The van der Waals surface area contributed by atoms with Gasteiger partial charge in [-0.15, -0.1) is 0 Å². The fraction of sp³-hybridized carbons (Fsp3) is 0.409. The molecule has 0 fully saturated rings. The summed E-state index contributed by atoms with van der Waals surface area (Å²) in [6.07, 6.45) is 0. The van der Waals surface area contributed by atoms with E-state index in [2.05, 4.69) is 19.2 Å². The van der Waals surface area contributed by atoms with E-state index in [-0.39, 0.29) is 30.2 Å². The Morgan fingerprint density at radius 3 is 2.25 bits per heavy atom. The molecule has 1 unspecified atom stereocenters. The van der Waals surface area contributed by atoms with E-state index < -0.39 is 0 Å². The molecular weight excluding hydrogens is 359 g/mol. The van der Waals surface area contributed by atoms with Crippen molar-refractivity contribution < 1.29 is 18.7 Å². The topological polar surface area (TPSA) is 50.8 Å². The number of hydrogen-bond donors (Lipinski definition) is 1. The smallest absolute Gasteiger partial charge is 0.234 e. The van der Waals surface area contributed by atoms with Gasteiger partial charge >= 0.3 is 0 Å². The molecule has 0 saturated carbocycles. The van der Waals surface area contributed by atoms with Gasteiger partial charge in [-0.05, 0) is 54.9 Å². The predicted molar refractivity (Wildman–Crippen MR) is 108 cm³/mol. The second-order valence-corrected chi connectivity index (χ2v) is 7.10. The molecule has 0 spiro atoms. The van der Waals surface area contributed by atoms with Gasteiger partial charge < -0.3 is 14.8 Å². The minimum atomic E-state index is -0.294. The van der Waals surface area contributed by atoms with Crippen LogP contribution in [0.2, 0.25) is 0 Å². The molecule has 0 saturated heterocycles. The molecule has 0 aliphatic carbocycles. The number of carbonyl (C=O) groups is 1. The average Bonchev–Trinajstić information content (AvgIpc) is 2.67. The van der Waals surface area contributed by atoms with Gasteiger partial charge in [-0.2, -0.15) is 0 Å². The number of hydrogen-bond acceptors (Lipinski definition) is 4. The number of benzene rings is 2. The lowest BCUT2D eigenvalue weighted by atomic mass is 9.96. The fourth-order valence-electron chi connectivity index (χ4n) is 2.84. The lowest BCUT2D eigenvalue weighted by Gasteiger charge is -2.25. The van der Waals surface area contributed by atoms with Crippen molar-refractivity contribution in [3.63, 3.8) is 0 Å². The lowest BCUT2D eigenvalue weighted by Crippen LogP contribution is -2.40. The molecule has 5 nitrogen and oxygen atoms in total. The van der Waals surface area contributed by atoms with Crippen LogP contribution in [0.5, 0.6) is 11.5 Å². The Kier molecular flexibility index (Phi) is 8.26. The van der Waals surface area contributed by atoms with Crippen molar-refractivity contribution in [3.05, 3.63) is 59.9 Å². The van der Waals surface area contributed by atoms with Gasteiger partial charge in [-0.1, -0.05) is 26.0 Å². The van der Waals surface area contributed by atoms with Crippen LogP contribution in [0.1, 0.15) is 25.5 Å². The Bertz CT molecular complexity index is 732. The van der Waals surface area contributed by atoms with Crippen molar-refractivity contribution in [1.29, 1.82) is 0 Å². The van der Waals surface area contributed by atoms with Crippen molar-refractivity contribution in [3.8, 4) is 11.5 Å². The Balaban J connectivity index is 1.81. The summed E-state index contributed by atoms with van der Waals surface area (Å²) in [5.74, 6) is 1.32. The average molecular weight is 388 g/mol. The molecule has 2 rings (SSSR count). The number of halogens is 1. The van der Waals surface area contributed by atoms with Crippen molar-refractivity contribution in [2.24, 2.45) is 5.92 Å². The van der Waals surface area contributed by atoms with E-state index in [1.165, 1.54) is 12.1 Å². The molecule has 1 atom stereocenters. The minimum Gasteiger partial charge on any atom is -0.497 e. The van der Waals surface area contributed by atoms with Crippen molar-refractivity contribution in [1.82, 2.24) is 10.2 Å². The van der Waals surface area contributed by atoms with Gasteiger partial charge in [0.05, 0.1) is 19.7 Å². The number of nitrogens with one attached hydrogen (secondary N) is 1.